The normalized spacial score (nSPS) is 16.7. The summed E-state index contributed by atoms with van der Waals surface area (Å²) >= 11 is 0. The Bertz CT molecular complexity index is 1390. The lowest BCUT2D eigenvalue weighted by Gasteiger charge is -2.32. The number of carbonyl (C=O) groups excluding carboxylic acids is 3. The van der Waals surface area contributed by atoms with Crippen molar-refractivity contribution < 1.29 is 38.5 Å². The van der Waals surface area contributed by atoms with Gasteiger partial charge in [-0.2, -0.15) is 0 Å². The number of amides is 3. The summed E-state index contributed by atoms with van der Waals surface area (Å²) in [6.07, 6.45) is -1.88. The van der Waals surface area contributed by atoms with Crippen LogP contribution < -0.4 is 10.6 Å². The third-order valence-electron chi connectivity index (χ3n) is 7.17. The third kappa shape index (κ3) is 8.74. The van der Waals surface area contributed by atoms with Gasteiger partial charge in [0.15, 0.2) is 0 Å². The molecule has 2 aromatic rings. The number of aliphatic carboxylic acids is 1. The highest BCUT2D eigenvalue weighted by Gasteiger charge is 2.37. The van der Waals surface area contributed by atoms with Gasteiger partial charge >= 0.3 is 24.2 Å². The zero-order valence-electron chi connectivity index (χ0n) is 26.6. The first kappa shape index (κ1) is 33.3. The number of ether oxygens (including phenoxy) is 3. The molecule has 12 heteroatoms. The maximum absolute atomic E-state index is 13.0. The van der Waals surface area contributed by atoms with E-state index < -0.39 is 41.5 Å². The highest BCUT2D eigenvalue weighted by molar-refractivity contribution is 6.08. The number of benzene rings is 2. The molecule has 0 aromatic heterocycles. The molecule has 2 aromatic carbocycles. The molecule has 0 radical (unpaired) electrons. The van der Waals surface area contributed by atoms with Crippen LogP contribution in [0.3, 0.4) is 0 Å². The number of aliphatic imine (C=N–C) groups is 1. The van der Waals surface area contributed by atoms with E-state index in [0.29, 0.717) is 11.3 Å². The number of guanidine groups is 1. The molecule has 2 atom stereocenters. The molecule has 3 amide bonds. The fourth-order valence-electron chi connectivity index (χ4n) is 5.25. The van der Waals surface area contributed by atoms with Gasteiger partial charge in [-0.1, -0.05) is 48.5 Å². The Balaban J connectivity index is 1.36. The number of carboxylic acids is 1. The molecule has 0 saturated heterocycles. The van der Waals surface area contributed by atoms with Crippen LogP contribution in [0.4, 0.5) is 14.4 Å². The number of carboxylic acid groups (broad SMARTS) is 1. The molecule has 2 aliphatic rings. The van der Waals surface area contributed by atoms with E-state index in [1.807, 2.05) is 48.5 Å². The molecular formula is C33H42N4O8. The number of rotatable bonds is 7. The second kappa shape index (κ2) is 13.6. The summed E-state index contributed by atoms with van der Waals surface area (Å²) < 4.78 is 16.4. The smallest absolute Gasteiger partial charge is 0.427 e. The van der Waals surface area contributed by atoms with E-state index in [4.69, 9.17) is 14.2 Å². The van der Waals surface area contributed by atoms with Crippen molar-refractivity contribution in [3.8, 4) is 11.1 Å². The summed E-state index contributed by atoms with van der Waals surface area (Å²) in [5, 5.41) is 15.4. The predicted molar refractivity (Wildman–Crippen MR) is 167 cm³/mol. The van der Waals surface area contributed by atoms with Gasteiger partial charge in [0.2, 0.25) is 5.96 Å². The fraction of sp³-hybridized carbons (Fsp3) is 0.485. The Hall–Kier alpha value is -4.61. The molecule has 1 aliphatic carbocycles. The largest absolute Gasteiger partial charge is 0.480 e. The average Bonchev–Trinajstić information content (AvgIpc) is 3.26. The van der Waals surface area contributed by atoms with Crippen molar-refractivity contribution in [1.29, 1.82) is 0 Å². The van der Waals surface area contributed by atoms with E-state index >= 15 is 0 Å². The van der Waals surface area contributed by atoms with Gasteiger partial charge in [0.1, 0.15) is 23.9 Å². The fourth-order valence-corrected chi connectivity index (χ4v) is 5.25. The van der Waals surface area contributed by atoms with Crippen molar-refractivity contribution >= 4 is 30.2 Å². The molecule has 45 heavy (non-hydrogen) atoms. The molecule has 0 fully saturated rings. The summed E-state index contributed by atoms with van der Waals surface area (Å²) in [5.41, 5.74) is 2.51. The van der Waals surface area contributed by atoms with Crippen LogP contribution in [0.1, 0.15) is 77.8 Å². The van der Waals surface area contributed by atoms with Crippen LogP contribution in [0.25, 0.3) is 11.1 Å². The SMILES string of the molecule is CC(C)(C)OC(=O)N(C(=O)OC(C)(C)C)C1=NCCC(CC[C@H](NC(=O)OCC2c3ccccc3-c3ccccc32)C(=O)O)N1. The Morgan fingerprint density at radius 3 is 1.98 bits per heavy atom. The molecule has 0 bridgehead atoms. The molecule has 4 rings (SSSR count). The van der Waals surface area contributed by atoms with Gasteiger partial charge in [-0.3, -0.25) is 4.99 Å². The first-order chi connectivity index (χ1) is 21.1. The summed E-state index contributed by atoms with van der Waals surface area (Å²) in [6, 6.07) is 14.3. The van der Waals surface area contributed by atoms with E-state index in [1.54, 1.807) is 41.5 Å². The molecule has 3 N–H and O–H groups in total. The van der Waals surface area contributed by atoms with E-state index in [1.165, 1.54) is 0 Å². The van der Waals surface area contributed by atoms with Gasteiger partial charge in [-0.05, 0) is 83.1 Å². The monoisotopic (exact) mass is 622 g/mol. The number of carbonyl (C=O) groups is 4. The van der Waals surface area contributed by atoms with E-state index in [0.717, 1.165) is 22.3 Å². The molecule has 1 heterocycles. The van der Waals surface area contributed by atoms with Crippen LogP contribution >= 0.6 is 0 Å². The number of nitrogens with zero attached hydrogens (tertiary/aromatic N) is 2. The molecule has 1 aliphatic heterocycles. The van der Waals surface area contributed by atoms with Gasteiger partial charge < -0.3 is 30.0 Å². The molecule has 0 spiro atoms. The van der Waals surface area contributed by atoms with Gasteiger partial charge in [0.05, 0.1) is 0 Å². The Labute approximate surface area is 263 Å². The Kier molecular flexibility index (Phi) is 10.0. The van der Waals surface area contributed by atoms with Gasteiger partial charge in [-0.15, -0.1) is 4.90 Å². The van der Waals surface area contributed by atoms with E-state index in [-0.39, 0.29) is 43.9 Å². The lowest BCUT2D eigenvalue weighted by molar-refractivity contribution is -0.139. The van der Waals surface area contributed by atoms with Crippen molar-refractivity contribution in [3.63, 3.8) is 0 Å². The average molecular weight is 623 g/mol. The van der Waals surface area contributed by atoms with Crippen LogP contribution in [0.5, 0.6) is 0 Å². The Morgan fingerprint density at radius 1 is 0.933 bits per heavy atom. The second-order valence-electron chi connectivity index (χ2n) is 13.1. The molecule has 12 nitrogen and oxygen atoms in total. The standard InChI is InChI=1S/C33H42N4O8/c1-32(2,3)44-30(41)37(31(42)45-33(4,5)6)28-34-18-17-20(35-28)15-16-26(27(38)39)36-29(40)43-19-25-23-13-9-7-11-21(23)22-12-8-10-14-24(22)25/h7-14,20,25-26H,15-19H2,1-6H3,(H,34,35)(H,36,40)(H,38,39)/t20?,26-/m0/s1. The quantitative estimate of drug-likeness (QED) is 0.332. The van der Waals surface area contributed by atoms with Gasteiger partial charge in [0, 0.05) is 18.5 Å². The topological polar surface area (TPSA) is 156 Å². The third-order valence-corrected chi connectivity index (χ3v) is 7.17. The lowest BCUT2D eigenvalue weighted by atomic mass is 9.98. The highest BCUT2D eigenvalue weighted by atomic mass is 16.6. The summed E-state index contributed by atoms with van der Waals surface area (Å²) in [5.74, 6) is -1.42. The van der Waals surface area contributed by atoms with Crippen molar-refractivity contribution in [3.05, 3.63) is 59.7 Å². The molecular weight excluding hydrogens is 580 g/mol. The first-order valence-electron chi connectivity index (χ1n) is 15.0. The second-order valence-corrected chi connectivity index (χ2v) is 13.1. The summed E-state index contributed by atoms with van der Waals surface area (Å²) in [4.78, 5) is 55.9. The number of hydrogen-bond donors (Lipinski definition) is 3. The highest BCUT2D eigenvalue weighted by Crippen LogP contribution is 2.44. The first-order valence-corrected chi connectivity index (χ1v) is 15.0. The number of alkyl carbamates (subject to hydrolysis) is 1. The van der Waals surface area contributed by atoms with E-state index in [2.05, 4.69) is 15.6 Å². The van der Waals surface area contributed by atoms with Crippen LogP contribution in [0.15, 0.2) is 53.5 Å². The summed E-state index contributed by atoms with van der Waals surface area (Å²) in [6.45, 7) is 10.4. The van der Waals surface area contributed by atoms with Crippen molar-refractivity contribution in [2.75, 3.05) is 13.2 Å². The maximum atomic E-state index is 13.0. The number of fused-ring (bicyclic) bond motifs is 3. The minimum absolute atomic E-state index is 0.0499. The zero-order chi connectivity index (χ0) is 32.9. The van der Waals surface area contributed by atoms with Crippen molar-refractivity contribution in [1.82, 2.24) is 15.5 Å². The summed E-state index contributed by atoms with van der Waals surface area (Å²) in [7, 11) is 0. The van der Waals surface area contributed by atoms with Crippen LogP contribution in [0, 0.1) is 0 Å². The van der Waals surface area contributed by atoms with Crippen LogP contribution in [-0.4, -0.2) is 76.7 Å². The number of nitrogens with one attached hydrogen (secondary N) is 2. The number of imide groups is 1. The minimum atomic E-state index is -1.22. The van der Waals surface area contributed by atoms with Crippen molar-refractivity contribution in [2.45, 2.75) is 90.0 Å². The van der Waals surface area contributed by atoms with E-state index in [9.17, 15) is 24.3 Å². The predicted octanol–water partition coefficient (Wildman–Crippen LogP) is 5.65. The lowest BCUT2D eigenvalue weighted by Crippen LogP contribution is -2.55. The number of hydrogen-bond acceptors (Lipinski definition) is 9. The van der Waals surface area contributed by atoms with Crippen molar-refractivity contribution in [2.24, 2.45) is 4.99 Å². The molecule has 1 unspecified atom stereocenters. The minimum Gasteiger partial charge on any atom is -0.480 e. The Morgan fingerprint density at radius 2 is 1.47 bits per heavy atom. The zero-order valence-corrected chi connectivity index (χ0v) is 26.6. The van der Waals surface area contributed by atoms with Gasteiger partial charge in [0.25, 0.3) is 0 Å². The van der Waals surface area contributed by atoms with Crippen LogP contribution in [-0.2, 0) is 19.0 Å². The molecule has 242 valence electrons. The molecule has 0 saturated carbocycles. The van der Waals surface area contributed by atoms with Crippen LogP contribution in [0.2, 0.25) is 0 Å². The van der Waals surface area contributed by atoms with Gasteiger partial charge in [-0.25, -0.2) is 19.2 Å². The maximum Gasteiger partial charge on any atom is 0.427 e.